The molecule has 0 spiro atoms. The predicted molar refractivity (Wildman–Crippen MR) is 113 cm³/mol. The van der Waals surface area contributed by atoms with Crippen molar-refractivity contribution < 1.29 is 28.6 Å². The molecule has 0 aliphatic heterocycles. The molecule has 0 aromatic carbocycles. The number of carbonyl (C=O) groups is 3. The highest BCUT2D eigenvalue weighted by molar-refractivity contribution is 5.89. The molecule has 0 heterocycles. The van der Waals surface area contributed by atoms with E-state index >= 15 is 4.39 Å². The van der Waals surface area contributed by atoms with Crippen LogP contribution in [0.3, 0.4) is 0 Å². The molecule has 0 saturated heterocycles. The summed E-state index contributed by atoms with van der Waals surface area (Å²) in [6.45, 7) is 8.93. The zero-order valence-corrected chi connectivity index (χ0v) is 19.5. The molecule has 6 heteroatoms. The maximum atomic E-state index is 17.2. The molecule has 0 aromatic rings. The smallest absolute Gasteiger partial charge is 0.306 e. The highest BCUT2D eigenvalue weighted by Crippen LogP contribution is 2.72. The van der Waals surface area contributed by atoms with E-state index in [2.05, 4.69) is 0 Å². The lowest BCUT2D eigenvalue weighted by molar-refractivity contribution is -0.257. The number of carbonyl (C=O) groups excluding carboxylic acids is 3. The van der Waals surface area contributed by atoms with Crippen LogP contribution in [0.4, 0.5) is 4.39 Å². The van der Waals surface area contributed by atoms with E-state index in [0.717, 1.165) is 6.42 Å². The summed E-state index contributed by atoms with van der Waals surface area (Å²) in [4.78, 5) is 37.6. The van der Waals surface area contributed by atoms with Gasteiger partial charge in [0.25, 0.3) is 0 Å². The van der Waals surface area contributed by atoms with Crippen LogP contribution in [0, 0.1) is 34.5 Å². The standard InChI is InChI=1S/C25H37FO5/c1-6-21(30)31-25(15(3)27)14(2)11-19-18-8-7-16-12-17(28)9-10-22(16,4)24(18,26)20(29)13-23(19,25)5/h14,16,18-20,29H,6-13H2,1-5H3/t14-,16+,18+,19+,20+,22+,23+,24+,25-/m1/s1. The topological polar surface area (TPSA) is 80.7 Å². The number of aliphatic hydroxyl groups is 1. The van der Waals surface area contributed by atoms with Gasteiger partial charge in [-0.25, -0.2) is 4.39 Å². The molecule has 4 fully saturated rings. The number of rotatable bonds is 3. The molecule has 0 amide bonds. The summed E-state index contributed by atoms with van der Waals surface area (Å²) in [6, 6.07) is 0. The van der Waals surface area contributed by atoms with Crippen molar-refractivity contribution in [1.82, 2.24) is 0 Å². The van der Waals surface area contributed by atoms with Crippen LogP contribution in [0.15, 0.2) is 0 Å². The summed E-state index contributed by atoms with van der Waals surface area (Å²) in [5.74, 6) is -1.34. The second-order valence-electron chi connectivity index (χ2n) is 11.3. The number of hydrogen-bond donors (Lipinski definition) is 1. The Bertz CT molecular complexity index is 812. The first-order chi connectivity index (χ1) is 14.4. The van der Waals surface area contributed by atoms with Crippen molar-refractivity contribution in [3.63, 3.8) is 0 Å². The molecule has 0 bridgehead atoms. The van der Waals surface area contributed by atoms with Crippen molar-refractivity contribution in [2.45, 2.75) is 103 Å². The zero-order valence-electron chi connectivity index (χ0n) is 19.5. The van der Waals surface area contributed by atoms with Crippen molar-refractivity contribution in [3.05, 3.63) is 0 Å². The molecule has 4 aliphatic rings. The molecule has 0 unspecified atom stereocenters. The van der Waals surface area contributed by atoms with Crippen LogP contribution < -0.4 is 0 Å². The fourth-order valence-corrected chi connectivity index (χ4v) is 8.66. The number of Topliss-reactive ketones (excluding diaryl/α,β-unsaturated/α-hetero) is 2. The van der Waals surface area contributed by atoms with Crippen molar-refractivity contribution in [3.8, 4) is 0 Å². The van der Waals surface area contributed by atoms with Crippen molar-refractivity contribution in [2.75, 3.05) is 0 Å². The van der Waals surface area contributed by atoms with Gasteiger partial charge in [-0.15, -0.1) is 0 Å². The van der Waals surface area contributed by atoms with Gasteiger partial charge >= 0.3 is 5.97 Å². The average molecular weight is 437 g/mol. The van der Waals surface area contributed by atoms with Gasteiger partial charge in [0.1, 0.15) is 11.5 Å². The third-order valence-corrected chi connectivity index (χ3v) is 10.2. The van der Waals surface area contributed by atoms with Gasteiger partial charge in [0.05, 0.1) is 6.10 Å². The number of ketones is 2. The number of hydrogen-bond acceptors (Lipinski definition) is 5. The van der Waals surface area contributed by atoms with Crippen LogP contribution >= 0.6 is 0 Å². The molecule has 4 saturated carbocycles. The monoisotopic (exact) mass is 436 g/mol. The molecule has 4 aliphatic carbocycles. The van der Waals surface area contributed by atoms with Gasteiger partial charge in [0.2, 0.25) is 0 Å². The van der Waals surface area contributed by atoms with E-state index in [-0.39, 0.29) is 42.2 Å². The Kier molecular flexibility index (Phi) is 5.24. The maximum absolute atomic E-state index is 17.2. The van der Waals surface area contributed by atoms with E-state index in [4.69, 9.17) is 4.74 Å². The first-order valence-electron chi connectivity index (χ1n) is 12.0. The Morgan fingerprint density at radius 2 is 1.87 bits per heavy atom. The van der Waals surface area contributed by atoms with Crippen LogP contribution in [-0.4, -0.2) is 40.0 Å². The van der Waals surface area contributed by atoms with Crippen LogP contribution in [0.1, 0.15) is 86.0 Å². The van der Waals surface area contributed by atoms with Gasteiger partial charge in [-0.1, -0.05) is 27.7 Å². The van der Waals surface area contributed by atoms with E-state index in [1.807, 2.05) is 20.8 Å². The van der Waals surface area contributed by atoms with E-state index in [0.29, 0.717) is 32.1 Å². The van der Waals surface area contributed by atoms with Crippen molar-refractivity contribution in [2.24, 2.45) is 34.5 Å². The fraction of sp³-hybridized carbons (Fsp3) is 0.880. The lowest BCUT2D eigenvalue weighted by Crippen LogP contribution is -2.71. The number of esters is 1. The Balaban J connectivity index is 1.80. The minimum Gasteiger partial charge on any atom is -0.450 e. The summed E-state index contributed by atoms with van der Waals surface area (Å²) < 4.78 is 23.2. The van der Waals surface area contributed by atoms with Crippen LogP contribution in [-0.2, 0) is 19.1 Å². The summed E-state index contributed by atoms with van der Waals surface area (Å²) in [5, 5.41) is 11.4. The van der Waals surface area contributed by atoms with Gasteiger partial charge in [-0.2, -0.15) is 0 Å². The van der Waals surface area contributed by atoms with Crippen LogP contribution in [0.5, 0.6) is 0 Å². The second-order valence-corrected chi connectivity index (χ2v) is 11.3. The number of fused-ring (bicyclic) bond motifs is 5. The highest BCUT2D eigenvalue weighted by atomic mass is 19.1. The molecule has 0 aromatic heterocycles. The summed E-state index contributed by atoms with van der Waals surface area (Å²) in [7, 11) is 0. The number of halogens is 1. The second kappa shape index (κ2) is 7.10. The predicted octanol–water partition coefficient (Wildman–Crippen LogP) is 4.19. The van der Waals surface area contributed by atoms with Gasteiger partial charge in [0, 0.05) is 36.0 Å². The summed E-state index contributed by atoms with van der Waals surface area (Å²) >= 11 is 0. The minimum absolute atomic E-state index is 0.0525. The van der Waals surface area contributed by atoms with Crippen LogP contribution in [0.2, 0.25) is 0 Å². The Hall–Kier alpha value is -1.30. The first-order valence-corrected chi connectivity index (χ1v) is 12.0. The summed E-state index contributed by atoms with van der Waals surface area (Å²) in [5.41, 5.74) is -4.72. The van der Waals surface area contributed by atoms with Gasteiger partial charge in [0.15, 0.2) is 11.4 Å². The average Bonchev–Trinajstić information content (AvgIpc) is 2.91. The minimum atomic E-state index is -1.80. The lowest BCUT2D eigenvalue weighted by Gasteiger charge is -2.65. The Morgan fingerprint density at radius 3 is 2.48 bits per heavy atom. The third-order valence-electron chi connectivity index (χ3n) is 10.2. The largest absolute Gasteiger partial charge is 0.450 e. The van der Waals surface area contributed by atoms with Crippen molar-refractivity contribution in [1.29, 1.82) is 0 Å². The Morgan fingerprint density at radius 1 is 1.19 bits per heavy atom. The Labute approximate surface area is 184 Å². The number of alkyl halides is 1. The van der Waals surface area contributed by atoms with Crippen molar-refractivity contribution >= 4 is 17.5 Å². The number of aliphatic hydroxyl groups excluding tert-OH is 1. The van der Waals surface area contributed by atoms with E-state index < -0.39 is 40.1 Å². The molecular weight excluding hydrogens is 399 g/mol. The van der Waals surface area contributed by atoms with Gasteiger partial charge in [-0.05, 0) is 56.8 Å². The van der Waals surface area contributed by atoms with E-state index in [1.54, 1.807) is 6.92 Å². The fourth-order valence-electron chi connectivity index (χ4n) is 8.66. The molecule has 0 radical (unpaired) electrons. The molecule has 174 valence electrons. The molecule has 1 N–H and O–H groups in total. The van der Waals surface area contributed by atoms with E-state index in [1.165, 1.54) is 6.92 Å². The summed E-state index contributed by atoms with van der Waals surface area (Å²) in [6.07, 6.45) is 2.14. The van der Waals surface area contributed by atoms with E-state index in [9.17, 15) is 19.5 Å². The SMILES string of the molecule is CCC(=O)O[C@@]1(C(C)=O)[C@H](C)C[C@H]2[C@@H]3CC[C@H]4CC(=O)CC[C@]4(C)[C@@]3(F)[C@@H](O)C[C@@]21C. The molecule has 31 heavy (non-hydrogen) atoms. The van der Waals surface area contributed by atoms with Gasteiger partial charge < -0.3 is 9.84 Å². The number of ether oxygens (including phenoxy) is 1. The lowest BCUT2D eigenvalue weighted by atomic mass is 9.42. The maximum Gasteiger partial charge on any atom is 0.306 e. The molecule has 4 rings (SSSR count). The highest BCUT2D eigenvalue weighted by Gasteiger charge is 2.77. The quantitative estimate of drug-likeness (QED) is 0.671. The van der Waals surface area contributed by atoms with Crippen LogP contribution in [0.25, 0.3) is 0 Å². The normalized spacial score (nSPS) is 51.5. The van der Waals surface area contributed by atoms with Gasteiger partial charge in [-0.3, -0.25) is 14.4 Å². The molecule has 9 atom stereocenters. The molecule has 5 nitrogen and oxygen atoms in total. The zero-order chi connectivity index (χ0) is 23.0. The molecular formula is C25H37FO5. The third kappa shape index (κ3) is 2.66. The first kappa shape index (κ1) is 22.9.